The first kappa shape index (κ1) is 22.1. The maximum absolute atomic E-state index is 6.94. The lowest BCUT2D eigenvalue weighted by Crippen LogP contribution is -2.69. The van der Waals surface area contributed by atoms with Crippen molar-refractivity contribution in [3.63, 3.8) is 0 Å². The van der Waals surface area contributed by atoms with Gasteiger partial charge in [-0.2, -0.15) is 0 Å². The first-order chi connectivity index (χ1) is 15.4. The Morgan fingerprint density at radius 1 is 0.688 bits per heavy atom. The van der Waals surface area contributed by atoms with Crippen molar-refractivity contribution in [2.24, 2.45) is 5.41 Å². The summed E-state index contributed by atoms with van der Waals surface area (Å²) >= 11 is 0. The van der Waals surface area contributed by atoms with Crippen molar-refractivity contribution in [1.82, 2.24) is 0 Å². The maximum Gasteiger partial charge on any atom is 0.224 e. The van der Waals surface area contributed by atoms with Gasteiger partial charge in [-0.15, -0.1) is 0 Å². The highest BCUT2D eigenvalue weighted by atomic mass is 16.8. The van der Waals surface area contributed by atoms with Crippen LogP contribution in [0.4, 0.5) is 0 Å². The predicted octanol–water partition coefficient (Wildman–Crippen LogP) is 6.72. The first-order valence-electron chi connectivity index (χ1n) is 12.2. The SMILES string of the molecule is CC(C)(C)[C@H]1CO[C@@]2(CCC[C@H](c3ccccc3)O2)[C@@]2(CCC[C@H](c3ccccc3)O2)O1. The smallest absolute Gasteiger partial charge is 0.224 e. The van der Waals surface area contributed by atoms with E-state index in [4.69, 9.17) is 18.9 Å². The van der Waals surface area contributed by atoms with Gasteiger partial charge < -0.3 is 18.9 Å². The normalized spacial score (nSPS) is 35.8. The molecule has 0 aliphatic carbocycles. The molecular formula is C28H36O4. The molecule has 3 saturated heterocycles. The van der Waals surface area contributed by atoms with Gasteiger partial charge in [-0.1, -0.05) is 81.4 Å². The van der Waals surface area contributed by atoms with Crippen molar-refractivity contribution in [2.75, 3.05) is 6.61 Å². The Morgan fingerprint density at radius 2 is 1.19 bits per heavy atom. The van der Waals surface area contributed by atoms with E-state index < -0.39 is 11.6 Å². The van der Waals surface area contributed by atoms with Crippen molar-refractivity contribution < 1.29 is 18.9 Å². The molecule has 2 spiro atoms. The Hall–Kier alpha value is -1.72. The molecule has 172 valence electrons. The Kier molecular flexibility index (Phi) is 5.91. The largest absolute Gasteiger partial charge is 0.343 e. The minimum Gasteiger partial charge on any atom is -0.343 e. The van der Waals surface area contributed by atoms with E-state index in [1.807, 2.05) is 12.1 Å². The highest BCUT2D eigenvalue weighted by molar-refractivity contribution is 5.20. The molecule has 2 aromatic rings. The number of fused-ring (bicyclic) bond motifs is 1. The van der Waals surface area contributed by atoms with Gasteiger partial charge in [-0.3, -0.25) is 0 Å². The second-order valence-electron chi connectivity index (χ2n) is 10.6. The van der Waals surface area contributed by atoms with Crippen molar-refractivity contribution in [3.05, 3.63) is 71.8 Å². The summed E-state index contributed by atoms with van der Waals surface area (Å²) < 4.78 is 27.4. The second kappa shape index (κ2) is 8.57. The summed E-state index contributed by atoms with van der Waals surface area (Å²) in [5.74, 6) is -1.80. The second-order valence-corrected chi connectivity index (χ2v) is 10.6. The van der Waals surface area contributed by atoms with Crippen molar-refractivity contribution in [3.8, 4) is 0 Å². The molecule has 3 aliphatic rings. The van der Waals surface area contributed by atoms with E-state index in [2.05, 4.69) is 69.3 Å². The molecule has 0 amide bonds. The summed E-state index contributed by atoms with van der Waals surface area (Å²) in [5.41, 5.74) is 2.34. The standard InChI is InChI=1S/C28H36O4/c1-26(2,3)25-20-29-27(18-10-16-23(30-27)21-12-6-4-7-13-21)28(32-25)19-11-17-24(31-28)22-14-8-5-9-15-22/h4-9,12-15,23-25H,10-11,16-20H2,1-3H3/t23-,24-,25-,27-,28-/m1/s1. The van der Waals surface area contributed by atoms with E-state index >= 15 is 0 Å². The fourth-order valence-electron chi connectivity index (χ4n) is 5.39. The molecule has 4 nitrogen and oxygen atoms in total. The molecule has 3 aliphatic heterocycles. The summed E-state index contributed by atoms with van der Waals surface area (Å²) in [6, 6.07) is 21.0. The van der Waals surface area contributed by atoms with Gasteiger partial charge in [0.15, 0.2) is 0 Å². The zero-order valence-corrected chi connectivity index (χ0v) is 19.6. The van der Waals surface area contributed by atoms with Crippen LogP contribution in [0.3, 0.4) is 0 Å². The summed E-state index contributed by atoms with van der Waals surface area (Å²) in [4.78, 5) is 0. The van der Waals surface area contributed by atoms with Crippen LogP contribution in [-0.2, 0) is 18.9 Å². The molecule has 0 saturated carbocycles. The van der Waals surface area contributed by atoms with Gasteiger partial charge in [0.2, 0.25) is 11.6 Å². The lowest BCUT2D eigenvalue weighted by Gasteiger charge is -2.59. The molecule has 2 aromatic carbocycles. The third-order valence-corrected chi connectivity index (χ3v) is 7.30. The summed E-state index contributed by atoms with van der Waals surface area (Å²) in [5, 5.41) is 0. The first-order valence-corrected chi connectivity index (χ1v) is 12.2. The Bertz CT molecular complexity index is 893. The number of rotatable bonds is 2. The molecule has 4 heteroatoms. The van der Waals surface area contributed by atoms with Crippen LogP contribution >= 0.6 is 0 Å². The molecule has 0 bridgehead atoms. The van der Waals surface area contributed by atoms with Crippen LogP contribution in [0.15, 0.2) is 60.7 Å². The van der Waals surface area contributed by atoms with Gasteiger partial charge in [0.25, 0.3) is 0 Å². The van der Waals surface area contributed by atoms with Crippen LogP contribution in [0.2, 0.25) is 0 Å². The predicted molar refractivity (Wildman–Crippen MR) is 124 cm³/mol. The molecule has 0 N–H and O–H groups in total. The molecule has 5 atom stereocenters. The topological polar surface area (TPSA) is 36.9 Å². The van der Waals surface area contributed by atoms with Gasteiger partial charge >= 0.3 is 0 Å². The van der Waals surface area contributed by atoms with Crippen LogP contribution in [0.5, 0.6) is 0 Å². The van der Waals surface area contributed by atoms with Gasteiger partial charge in [0.1, 0.15) is 0 Å². The van der Waals surface area contributed by atoms with Crippen LogP contribution in [0.1, 0.15) is 82.6 Å². The molecule has 0 radical (unpaired) electrons. The molecule has 3 heterocycles. The fraction of sp³-hybridized carbons (Fsp3) is 0.571. The minimum absolute atomic E-state index is 0.0164. The highest BCUT2D eigenvalue weighted by Gasteiger charge is 2.64. The lowest BCUT2D eigenvalue weighted by molar-refractivity contribution is -0.489. The Labute approximate surface area is 192 Å². The van der Waals surface area contributed by atoms with E-state index in [1.54, 1.807) is 0 Å². The van der Waals surface area contributed by atoms with E-state index in [9.17, 15) is 0 Å². The van der Waals surface area contributed by atoms with Crippen molar-refractivity contribution >= 4 is 0 Å². The zero-order chi connectivity index (χ0) is 22.2. The van der Waals surface area contributed by atoms with Crippen molar-refractivity contribution in [2.45, 2.75) is 89.2 Å². The molecule has 32 heavy (non-hydrogen) atoms. The molecular weight excluding hydrogens is 400 g/mol. The molecule has 0 aromatic heterocycles. The van der Waals surface area contributed by atoms with E-state index in [1.165, 1.54) is 11.1 Å². The minimum atomic E-state index is -0.907. The average molecular weight is 437 g/mol. The zero-order valence-electron chi connectivity index (χ0n) is 19.6. The van der Waals surface area contributed by atoms with Crippen LogP contribution in [-0.4, -0.2) is 24.3 Å². The van der Waals surface area contributed by atoms with Crippen LogP contribution in [0, 0.1) is 5.41 Å². The highest BCUT2D eigenvalue weighted by Crippen LogP contribution is 2.55. The third-order valence-electron chi connectivity index (χ3n) is 7.30. The fourth-order valence-corrected chi connectivity index (χ4v) is 5.39. The third kappa shape index (κ3) is 4.03. The number of hydrogen-bond donors (Lipinski definition) is 0. The lowest BCUT2D eigenvalue weighted by atomic mass is 9.82. The van der Waals surface area contributed by atoms with Crippen LogP contribution in [0.25, 0.3) is 0 Å². The van der Waals surface area contributed by atoms with Gasteiger partial charge in [0, 0.05) is 12.8 Å². The summed E-state index contributed by atoms with van der Waals surface area (Å²) in [7, 11) is 0. The Morgan fingerprint density at radius 3 is 1.72 bits per heavy atom. The molecule has 5 rings (SSSR count). The number of benzene rings is 2. The Balaban J connectivity index is 1.50. The number of ether oxygens (including phenoxy) is 4. The number of hydrogen-bond acceptors (Lipinski definition) is 4. The van der Waals surface area contributed by atoms with Gasteiger partial charge in [-0.05, 0) is 42.2 Å². The van der Waals surface area contributed by atoms with E-state index in [-0.39, 0.29) is 23.7 Å². The molecule has 3 fully saturated rings. The van der Waals surface area contributed by atoms with E-state index in [0.29, 0.717) is 6.61 Å². The molecule has 0 unspecified atom stereocenters. The quantitative estimate of drug-likeness (QED) is 0.523. The van der Waals surface area contributed by atoms with Crippen molar-refractivity contribution in [1.29, 1.82) is 0 Å². The van der Waals surface area contributed by atoms with Crippen LogP contribution < -0.4 is 0 Å². The van der Waals surface area contributed by atoms with Gasteiger partial charge in [-0.25, -0.2) is 0 Å². The van der Waals surface area contributed by atoms with Gasteiger partial charge in [0.05, 0.1) is 24.9 Å². The maximum atomic E-state index is 6.94. The monoisotopic (exact) mass is 436 g/mol. The van der Waals surface area contributed by atoms with E-state index in [0.717, 1.165) is 38.5 Å². The summed E-state index contributed by atoms with van der Waals surface area (Å²) in [6.45, 7) is 7.14. The summed E-state index contributed by atoms with van der Waals surface area (Å²) in [6.07, 6.45) is 5.47. The average Bonchev–Trinajstić information content (AvgIpc) is 2.82.